The number of benzene rings is 1. The van der Waals surface area contributed by atoms with Crippen LogP contribution in [0.15, 0.2) is 40.9 Å². The van der Waals surface area contributed by atoms with Crippen LogP contribution in [0.2, 0.25) is 0 Å². The Morgan fingerprint density at radius 2 is 2.08 bits per heavy atom. The number of hydrogen-bond donors (Lipinski definition) is 1. The molecule has 1 aliphatic carbocycles. The zero-order valence-electron chi connectivity index (χ0n) is 13.4. The summed E-state index contributed by atoms with van der Waals surface area (Å²) < 4.78 is 1.00. The summed E-state index contributed by atoms with van der Waals surface area (Å²) in [6, 6.07) is 12.0. The summed E-state index contributed by atoms with van der Waals surface area (Å²) >= 11 is 4.90. The third-order valence-corrected chi connectivity index (χ3v) is 5.41. The molecule has 1 N–H and O–H groups in total. The topological polar surface area (TPSA) is 49.4 Å². The summed E-state index contributed by atoms with van der Waals surface area (Å²) in [5.41, 5.74) is 1.09. The molecule has 1 aromatic carbocycles. The van der Waals surface area contributed by atoms with E-state index in [4.69, 9.17) is 0 Å². The molecule has 2 aromatic rings. The molecule has 1 aromatic heterocycles. The number of nitrogens with one attached hydrogen (secondary N) is 1. The number of halogens is 1. The van der Waals surface area contributed by atoms with Crippen molar-refractivity contribution in [1.29, 1.82) is 0 Å². The fourth-order valence-electron chi connectivity index (χ4n) is 2.54. The van der Waals surface area contributed by atoms with Crippen LogP contribution in [-0.2, 0) is 11.3 Å². The first-order chi connectivity index (χ1) is 11.5. The van der Waals surface area contributed by atoms with E-state index in [1.54, 1.807) is 6.07 Å². The molecule has 1 aliphatic rings. The van der Waals surface area contributed by atoms with E-state index >= 15 is 0 Å². The van der Waals surface area contributed by atoms with Gasteiger partial charge in [-0.1, -0.05) is 28.1 Å². The molecule has 0 spiro atoms. The lowest BCUT2D eigenvalue weighted by Crippen LogP contribution is -2.40. The highest BCUT2D eigenvalue weighted by atomic mass is 79.9. The van der Waals surface area contributed by atoms with Gasteiger partial charge in [0.25, 0.3) is 5.91 Å². The van der Waals surface area contributed by atoms with Gasteiger partial charge in [-0.2, -0.15) is 0 Å². The molecule has 126 valence electrons. The molecule has 3 rings (SSSR count). The predicted molar refractivity (Wildman–Crippen MR) is 99.1 cm³/mol. The van der Waals surface area contributed by atoms with Gasteiger partial charge >= 0.3 is 0 Å². The van der Waals surface area contributed by atoms with Crippen LogP contribution in [0.25, 0.3) is 0 Å². The van der Waals surface area contributed by atoms with E-state index in [1.165, 1.54) is 11.3 Å². The summed E-state index contributed by atoms with van der Waals surface area (Å²) in [4.78, 5) is 28.3. The van der Waals surface area contributed by atoms with Crippen LogP contribution in [0.1, 0.15) is 33.0 Å². The molecule has 0 bridgehead atoms. The smallest absolute Gasteiger partial charge is 0.261 e. The lowest BCUT2D eigenvalue weighted by Gasteiger charge is -2.23. The average Bonchev–Trinajstić information content (AvgIpc) is 3.30. The number of carbonyl (C=O) groups excluding carboxylic acids is 2. The first-order valence-corrected chi connectivity index (χ1v) is 9.52. The Morgan fingerprint density at radius 3 is 2.71 bits per heavy atom. The van der Waals surface area contributed by atoms with E-state index in [0.717, 1.165) is 27.8 Å². The molecule has 1 saturated carbocycles. The van der Waals surface area contributed by atoms with Crippen LogP contribution in [-0.4, -0.2) is 29.3 Å². The second-order valence-corrected chi connectivity index (χ2v) is 8.18. The van der Waals surface area contributed by atoms with Crippen LogP contribution < -0.4 is 5.32 Å². The minimum Gasteiger partial charge on any atom is -0.342 e. The van der Waals surface area contributed by atoms with Crippen molar-refractivity contribution < 1.29 is 9.59 Å². The quantitative estimate of drug-likeness (QED) is 0.793. The Morgan fingerprint density at radius 1 is 1.29 bits per heavy atom. The molecular weight excluding hydrogens is 388 g/mol. The number of amides is 2. The maximum atomic E-state index is 12.6. The highest BCUT2D eigenvalue weighted by Gasteiger charge is 2.32. The highest BCUT2D eigenvalue weighted by molar-refractivity contribution is 9.10. The van der Waals surface area contributed by atoms with Crippen molar-refractivity contribution in [2.45, 2.75) is 32.4 Å². The van der Waals surface area contributed by atoms with E-state index in [9.17, 15) is 9.59 Å². The minimum atomic E-state index is -0.181. The monoisotopic (exact) mass is 406 g/mol. The Bertz CT molecular complexity index is 755. The first-order valence-electron chi connectivity index (χ1n) is 7.91. The molecule has 0 radical (unpaired) electrons. The molecule has 0 saturated heterocycles. The number of aryl methyl sites for hydroxylation is 1. The van der Waals surface area contributed by atoms with E-state index in [1.807, 2.05) is 42.2 Å². The zero-order chi connectivity index (χ0) is 17.1. The van der Waals surface area contributed by atoms with E-state index < -0.39 is 0 Å². The number of carbonyl (C=O) groups is 2. The van der Waals surface area contributed by atoms with Crippen molar-refractivity contribution in [2.75, 3.05) is 6.54 Å². The van der Waals surface area contributed by atoms with Gasteiger partial charge in [0.15, 0.2) is 0 Å². The molecule has 1 fully saturated rings. The zero-order valence-corrected chi connectivity index (χ0v) is 15.8. The summed E-state index contributed by atoms with van der Waals surface area (Å²) in [5.74, 6) is -0.209. The van der Waals surface area contributed by atoms with Gasteiger partial charge < -0.3 is 10.2 Å². The maximum absolute atomic E-state index is 12.6. The minimum absolute atomic E-state index is 0.0286. The molecule has 0 unspecified atom stereocenters. The summed E-state index contributed by atoms with van der Waals surface area (Å²) in [5, 5.41) is 2.74. The van der Waals surface area contributed by atoms with Crippen molar-refractivity contribution in [3.8, 4) is 0 Å². The van der Waals surface area contributed by atoms with Crippen molar-refractivity contribution in [3.63, 3.8) is 0 Å². The second kappa shape index (κ2) is 7.49. The van der Waals surface area contributed by atoms with Crippen LogP contribution in [0.4, 0.5) is 0 Å². The van der Waals surface area contributed by atoms with Crippen LogP contribution >= 0.6 is 27.3 Å². The molecule has 0 atom stereocenters. The molecule has 1 heterocycles. The van der Waals surface area contributed by atoms with Gasteiger partial charge in [-0.15, -0.1) is 11.3 Å². The predicted octanol–water partition coefficient (Wildman–Crippen LogP) is 3.74. The molecule has 24 heavy (non-hydrogen) atoms. The number of rotatable bonds is 6. The highest BCUT2D eigenvalue weighted by Crippen LogP contribution is 2.28. The normalized spacial score (nSPS) is 13.6. The van der Waals surface area contributed by atoms with E-state index in [-0.39, 0.29) is 18.4 Å². The van der Waals surface area contributed by atoms with Gasteiger partial charge in [0.1, 0.15) is 0 Å². The van der Waals surface area contributed by atoms with Crippen molar-refractivity contribution in [3.05, 3.63) is 56.2 Å². The Hall–Kier alpha value is -1.66. The van der Waals surface area contributed by atoms with E-state index in [0.29, 0.717) is 17.5 Å². The van der Waals surface area contributed by atoms with Crippen LogP contribution in [0.5, 0.6) is 0 Å². The fourth-order valence-corrected chi connectivity index (χ4v) is 3.77. The summed E-state index contributed by atoms with van der Waals surface area (Å²) in [6.45, 7) is 2.58. The molecule has 6 heteroatoms. The van der Waals surface area contributed by atoms with Gasteiger partial charge in [-0.25, -0.2) is 0 Å². The maximum Gasteiger partial charge on any atom is 0.261 e. The Balaban J connectivity index is 1.59. The average molecular weight is 407 g/mol. The lowest BCUT2D eigenvalue weighted by molar-refractivity contribution is -0.131. The van der Waals surface area contributed by atoms with Gasteiger partial charge in [0.2, 0.25) is 5.91 Å². The third-order valence-electron chi connectivity index (χ3n) is 3.91. The van der Waals surface area contributed by atoms with E-state index in [2.05, 4.69) is 21.2 Å². The standard InChI is InChI=1S/C18H19BrN2O2S/c1-12-5-8-16(24-12)18(23)20-10-17(22)21(15-6-7-15)11-13-3-2-4-14(19)9-13/h2-5,8-9,15H,6-7,10-11H2,1H3,(H,20,23). The fraction of sp³-hybridized carbons (Fsp3) is 0.333. The third kappa shape index (κ3) is 4.45. The Kier molecular flexibility index (Phi) is 5.36. The molecule has 4 nitrogen and oxygen atoms in total. The number of hydrogen-bond acceptors (Lipinski definition) is 3. The lowest BCUT2D eigenvalue weighted by atomic mass is 10.2. The number of thiophene rings is 1. The summed E-state index contributed by atoms with van der Waals surface area (Å²) in [7, 11) is 0. The molecule has 0 aliphatic heterocycles. The largest absolute Gasteiger partial charge is 0.342 e. The van der Waals surface area contributed by atoms with Crippen molar-refractivity contribution in [2.24, 2.45) is 0 Å². The molecular formula is C18H19BrN2O2S. The van der Waals surface area contributed by atoms with Gasteiger partial charge in [-0.05, 0) is 49.6 Å². The second-order valence-electron chi connectivity index (χ2n) is 5.98. The first kappa shape index (κ1) is 17.2. The van der Waals surface area contributed by atoms with Crippen LogP contribution in [0.3, 0.4) is 0 Å². The van der Waals surface area contributed by atoms with Crippen LogP contribution in [0, 0.1) is 6.92 Å². The summed E-state index contributed by atoms with van der Waals surface area (Å²) in [6.07, 6.45) is 2.08. The van der Waals surface area contributed by atoms with Gasteiger partial charge in [0.05, 0.1) is 11.4 Å². The van der Waals surface area contributed by atoms with Gasteiger partial charge in [0, 0.05) is 21.9 Å². The molecule has 2 amide bonds. The SMILES string of the molecule is Cc1ccc(C(=O)NCC(=O)N(Cc2cccc(Br)c2)C2CC2)s1. The van der Waals surface area contributed by atoms with Gasteiger partial charge in [-0.3, -0.25) is 9.59 Å². The number of nitrogens with zero attached hydrogens (tertiary/aromatic N) is 1. The Labute approximate surface area is 154 Å². The van der Waals surface area contributed by atoms with Crippen molar-refractivity contribution in [1.82, 2.24) is 10.2 Å². The van der Waals surface area contributed by atoms with Crippen molar-refractivity contribution >= 4 is 39.1 Å².